The van der Waals surface area contributed by atoms with Gasteiger partial charge in [0.15, 0.2) is 0 Å². The van der Waals surface area contributed by atoms with Gasteiger partial charge in [0.25, 0.3) is 0 Å². The van der Waals surface area contributed by atoms with E-state index in [1.807, 2.05) is 6.92 Å². The van der Waals surface area contributed by atoms with E-state index in [1.54, 1.807) is 0 Å². The van der Waals surface area contributed by atoms with Crippen LogP contribution in [0.3, 0.4) is 0 Å². The summed E-state index contributed by atoms with van der Waals surface area (Å²) in [5.41, 5.74) is 0. The van der Waals surface area contributed by atoms with Gasteiger partial charge in [0.1, 0.15) is 0 Å². The lowest BCUT2D eigenvalue weighted by Gasteiger charge is -2.35. The van der Waals surface area contributed by atoms with Crippen LogP contribution in [0.15, 0.2) is 0 Å². The summed E-state index contributed by atoms with van der Waals surface area (Å²) in [6.45, 7) is 13.4. The van der Waals surface area contributed by atoms with Gasteiger partial charge in [0.2, 0.25) is 0 Å². The van der Waals surface area contributed by atoms with Gasteiger partial charge in [0.05, 0.1) is 14.7 Å². The van der Waals surface area contributed by atoms with Crippen LogP contribution in [0.1, 0.15) is 27.7 Å². The van der Waals surface area contributed by atoms with E-state index in [0.717, 1.165) is 0 Å². The zero-order valence-electron chi connectivity index (χ0n) is 9.73. The first-order valence-corrected chi connectivity index (χ1v) is 8.07. The van der Waals surface area contributed by atoms with Gasteiger partial charge in [-0.2, -0.15) is 0 Å². The zero-order chi connectivity index (χ0) is 10.7. The fourth-order valence-corrected chi connectivity index (χ4v) is 2.19. The molecule has 0 saturated carbocycles. The normalized spacial score (nSPS) is 12.8. The van der Waals surface area contributed by atoms with Gasteiger partial charge < -0.3 is 4.74 Å². The van der Waals surface area contributed by atoms with Crippen molar-refractivity contribution in [2.75, 3.05) is 6.61 Å². The Labute approximate surface area is 82.7 Å². The molecule has 2 nitrogen and oxygen atoms in total. The zero-order valence-corrected chi connectivity index (χ0v) is 10.7. The van der Waals surface area contributed by atoms with E-state index in [4.69, 9.17) is 4.74 Å². The largest absolute Gasteiger partial charge is 0.466 e. The molecule has 0 atom stereocenters. The predicted molar refractivity (Wildman–Crippen MR) is 58.6 cm³/mol. The number of carbonyl (C=O) groups excluding carboxylic acids is 1. The maximum absolute atomic E-state index is 11.3. The Morgan fingerprint density at radius 3 is 2.08 bits per heavy atom. The molecule has 0 saturated heterocycles. The Balaban J connectivity index is 4.26. The maximum atomic E-state index is 11.3. The van der Waals surface area contributed by atoms with Crippen molar-refractivity contribution in [1.29, 1.82) is 0 Å². The fourth-order valence-electron chi connectivity index (χ4n) is 0.838. The van der Waals surface area contributed by atoms with E-state index < -0.39 is 8.07 Å². The minimum absolute atomic E-state index is 0.0332. The number of hydrogen-bond donors (Lipinski definition) is 0. The number of esters is 1. The Kier molecular flexibility index (Phi) is 4.16. The molecular formula is C10H22O2Si. The molecule has 0 radical (unpaired) electrons. The molecule has 0 aliphatic carbocycles. The topological polar surface area (TPSA) is 26.3 Å². The summed E-state index contributed by atoms with van der Waals surface area (Å²) in [5.74, 6) is -0.0332. The van der Waals surface area contributed by atoms with Crippen molar-refractivity contribution < 1.29 is 9.53 Å². The van der Waals surface area contributed by atoms with E-state index in [0.29, 0.717) is 12.7 Å². The van der Waals surface area contributed by atoms with E-state index in [1.165, 1.54) is 0 Å². The molecule has 0 unspecified atom stereocenters. The SMILES string of the molecule is CCOC(=O)C[Si](C)(C)C(C)(C)C. The van der Waals surface area contributed by atoms with Crippen LogP contribution in [0.25, 0.3) is 0 Å². The third-order valence-electron chi connectivity index (χ3n) is 2.92. The molecule has 78 valence electrons. The van der Waals surface area contributed by atoms with Crippen LogP contribution in [-0.2, 0) is 9.53 Å². The van der Waals surface area contributed by atoms with Crippen molar-refractivity contribution in [3.63, 3.8) is 0 Å². The monoisotopic (exact) mass is 202 g/mol. The van der Waals surface area contributed by atoms with Crippen LogP contribution in [0.2, 0.25) is 24.2 Å². The first kappa shape index (κ1) is 12.7. The maximum Gasteiger partial charge on any atom is 0.303 e. The second-order valence-electron chi connectivity index (χ2n) is 5.12. The molecule has 0 aromatic rings. The Morgan fingerprint density at radius 2 is 1.77 bits per heavy atom. The third kappa shape index (κ3) is 3.94. The molecular weight excluding hydrogens is 180 g/mol. The van der Waals surface area contributed by atoms with Crippen LogP contribution in [0.5, 0.6) is 0 Å². The molecule has 0 N–H and O–H groups in total. The van der Waals surface area contributed by atoms with E-state index in [9.17, 15) is 4.79 Å². The van der Waals surface area contributed by atoms with E-state index >= 15 is 0 Å². The summed E-state index contributed by atoms with van der Waals surface area (Å²) >= 11 is 0. The molecule has 0 spiro atoms. The molecule has 0 bridgehead atoms. The molecule has 0 aromatic heterocycles. The second kappa shape index (κ2) is 4.27. The number of carbonyl (C=O) groups is 1. The molecule has 0 heterocycles. The highest BCUT2D eigenvalue weighted by atomic mass is 28.3. The molecule has 0 rings (SSSR count). The number of hydrogen-bond acceptors (Lipinski definition) is 2. The summed E-state index contributed by atoms with van der Waals surface area (Å²) in [7, 11) is -1.48. The Hall–Kier alpha value is -0.313. The molecule has 0 fully saturated rings. The summed E-state index contributed by atoms with van der Waals surface area (Å²) in [6, 6.07) is 0.629. The summed E-state index contributed by atoms with van der Waals surface area (Å²) in [4.78, 5) is 11.3. The van der Waals surface area contributed by atoms with Gasteiger partial charge in [-0.1, -0.05) is 33.9 Å². The minimum Gasteiger partial charge on any atom is -0.466 e. The first-order valence-electron chi connectivity index (χ1n) is 4.86. The molecule has 3 heteroatoms. The van der Waals surface area contributed by atoms with Crippen molar-refractivity contribution in [3.8, 4) is 0 Å². The van der Waals surface area contributed by atoms with Crippen molar-refractivity contribution >= 4 is 14.0 Å². The standard InChI is InChI=1S/C10H22O2Si/c1-7-12-9(11)8-13(5,6)10(2,3)4/h7-8H2,1-6H3. The summed E-state index contributed by atoms with van der Waals surface area (Å²) in [5, 5.41) is 0.264. The van der Waals surface area contributed by atoms with Crippen LogP contribution in [0, 0.1) is 0 Å². The average Bonchev–Trinajstić information content (AvgIpc) is 1.83. The highest BCUT2D eigenvalue weighted by molar-refractivity contribution is 6.82. The molecule has 13 heavy (non-hydrogen) atoms. The van der Waals surface area contributed by atoms with E-state index in [-0.39, 0.29) is 11.0 Å². The lowest BCUT2D eigenvalue weighted by atomic mass is 10.2. The highest BCUT2D eigenvalue weighted by Gasteiger charge is 2.37. The van der Waals surface area contributed by atoms with Gasteiger partial charge in [-0.05, 0) is 12.0 Å². The van der Waals surface area contributed by atoms with Crippen LogP contribution >= 0.6 is 0 Å². The molecule has 0 aromatic carbocycles. The highest BCUT2D eigenvalue weighted by Crippen LogP contribution is 2.38. The second-order valence-corrected chi connectivity index (χ2v) is 10.7. The fraction of sp³-hybridized carbons (Fsp3) is 0.900. The van der Waals surface area contributed by atoms with Crippen molar-refractivity contribution in [2.24, 2.45) is 0 Å². The van der Waals surface area contributed by atoms with Crippen molar-refractivity contribution in [3.05, 3.63) is 0 Å². The van der Waals surface area contributed by atoms with Crippen LogP contribution in [-0.4, -0.2) is 20.7 Å². The van der Waals surface area contributed by atoms with Gasteiger partial charge in [-0.3, -0.25) is 4.79 Å². The van der Waals surface area contributed by atoms with Crippen LogP contribution in [0.4, 0.5) is 0 Å². The first-order chi connectivity index (χ1) is 5.70. The average molecular weight is 202 g/mol. The summed E-state index contributed by atoms with van der Waals surface area (Å²) < 4.78 is 4.97. The van der Waals surface area contributed by atoms with Gasteiger partial charge >= 0.3 is 5.97 Å². The molecule has 0 aliphatic heterocycles. The smallest absolute Gasteiger partial charge is 0.303 e. The van der Waals surface area contributed by atoms with Crippen molar-refractivity contribution in [2.45, 2.75) is 51.9 Å². The predicted octanol–water partition coefficient (Wildman–Crippen LogP) is 3.06. The minimum atomic E-state index is -1.48. The van der Waals surface area contributed by atoms with Gasteiger partial charge in [-0.25, -0.2) is 0 Å². The van der Waals surface area contributed by atoms with Crippen LogP contribution < -0.4 is 0 Å². The quantitative estimate of drug-likeness (QED) is 0.519. The Morgan fingerprint density at radius 1 is 1.31 bits per heavy atom. The third-order valence-corrected chi connectivity index (χ3v) is 8.16. The lowest BCUT2D eigenvalue weighted by Crippen LogP contribution is -2.39. The molecule has 0 amide bonds. The van der Waals surface area contributed by atoms with Gasteiger partial charge in [-0.15, -0.1) is 0 Å². The Bertz CT molecular complexity index is 180. The van der Waals surface area contributed by atoms with Gasteiger partial charge in [0, 0.05) is 6.04 Å². The van der Waals surface area contributed by atoms with Crippen molar-refractivity contribution in [1.82, 2.24) is 0 Å². The number of ether oxygens (including phenoxy) is 1. The number of rotatable bonds is 3. The summed E-state index contributed by atoms with van der Waals surface area (Å²) in [6.07, 6.45) is 0. The lowest BCUT2D eigenvalue weighted by molar-refractivity contribution is -0.140. The molecule has 0 aliphatic rings. The van der Waals surface area contributed by atoms with E-state index in [2.05, 4.69) is 33.9 Å².